The van der Waals surface area contributed by atoms with Gasteiger partial charge in [0.2, 0.25) is 0 Å². The third-order valence-electron chi connectivity index (χ3n) is 2.32. The van der Waals surface area contributed by atoms with Crippen LogP contribution in [0.4, 0.5) is 4.39 Å². The van der Waals surface area contributed by atoms with Crippen molar-refractivity contribution in [3.8, 4) is 6.07 Å². The Morgan fingerprint density at radius 2 is 2.13 bits per heavy atom. The number of nitrogens with zero attached hydrogens (tertiary/aromatic N) is 1. The highest BCUT2D eigenvalue weighted by Crippen LogP contribution is 2.15. The average molecular weight is 206 g/mol. The standard InChI is InChI=1S/C12H15FN2/c1-3-15-12(2,9-14)8-10-6-4-5-7-11(10)13/h4-7,15H,3,8H2,1-2H3. The van der Waals surface area contributed by atoms with Crippen LogP contribution in [0, 0.1) is 17.1 Å². The molecule has 0 radical (unpaired) electrons. The van der Waals surface area contributed by atoms with Crippen molar-refractivity contribution >= 4 is 0 Å². The summed E-state index contributed by atoms with van der Waals surface area (Å²) in [5.41, 5.74) is -0.126. The molecule has 1 aromatic rings. The molecule has 3 heteroatoms. The summed E-state index contributed by atoms with van der Waals surface area (Å²) >= 11 is 0. The number of hydrogen-bond acceptors (Lipinski definition) is 2. The molecule has 0 spiro atoms. The van der Waals surface area contributed by atoms with Gasteiger partial charge in [0.25, 0.3) is 0 Å². The van der Waals surface area contributed by atoms with Crippen LogP contribution in [0.2, 0.25) is 0 Å². The monoisotopic (exact) mass is 206 g/mol. The predicted octanol–water partition coefficient (Wildman–Crippen LogP) is 2.26. The summed E-state index contributed by atoms with van der Waals surface area (Å²) in [4.78, 5) is 0. The summed E-state index contributed by atoms with van der Waals surface area (Å²) in [6.45, 7) is 4.40. The zero-order chi connectivity index (χ0) is 11.3. The molecule has 80 valence electrons. The molecule has 0 bridgehead atoms. The molecule has 1 aromatic carbocycles. The van der Waals surface area contributed by atoms with E-state index >= 15 is 0 Å². The number of nitrogens with one attached hydrogen (secondary N) is 1. The fraction of sp³-hybridized carbons (Fsp3) is 0.417. The zero-order valence-corrected chi connectivity index (χ0v) is 9.05. The van der Waals surface area contributed by atoms with E-state index in [0.717, 1.165) is 0 Å². The van der Waals surface area contributed by atoms with Crippen molar-refractivity contribution in [3.63, 3.8) is 0 Å². The number of benzene rings is 1. The van der Waals surface area contributed by atoms with Gasteiger partial charge in [0.05, 0.1) is 6.07 Å². The van der Waals surface area contributed by atoms with Crippen LogP contribution in [0.15, 0.2) is 24.3 Å². The maximum Gasteiger partial charge on any atom is 0.126 e. The molecule has 2 nitrogen and oxygen atoms in total. The van der Waals surface area contributed by atoms with Crippen molar-refractivity contribution < 1.29 is 4.39 Å². The summed E-state index contributed by atoms with van der Waals surface area (Å²) in [6, 6.07) is 8.73. The van der Waals surface area contributed by atoms with Crippen molar-refractivity contribution in [2.24, 2.45) is 0 Å². The Balaban J connectivity index is 2.85. The topological polar surface area (TPSA) is 35.8 Å². The van der Waals surface area contributed by atoms with Gasteiger partial charge in [0, 0.05) is 6.42 Å². The van der Waals surface area contributed by atoms with Crippen LogP contribution >= 0.6 is 0 Å². The van der Waals surface area contributed by atoms with Gasteiger partial charge in [-0.15, -0.1) is 0 Å². The van der Waals surface area contributed by atoms with E-state index in [1.54, 1.807) is 25.1 Å². The van der Waals surface area contributed by atoms with Gasteiger partial charge in [0.15, 0.2) is 0 Å². The average Bonchev–Trinajstić information content (AvgIpc) is 2.22. The number of likely N-dealkylation sites (N-methyl/N-ethyl adjacent to an activating group) is 1. The lowest BCUT2D eigenvalue weighted by Crippen LogP contribution is -2.42. The van der Waals surface area contributed by atoms with Crippen molar-refractivity contribution in [2.45, 2.75) is 25.8 Å². The Morgan fingerprint density at radius 1 is 1.47 bits per heavy atom. The number of nitriles is 1. The molecule has 0 aliphatic heterocycles. The van der Waals surface area contributed by atoms with Gasteiger partial charge in [-0.1, -0.05) is 25.1 Å². The van der Waals surface area contributed by atoms with Gasteiger partial charge in [-0.25, -0.2) is 4.39 Å². The van der Waals surface area contributed by atoms with Gasteiger partial charge in [-0.05, 0) is 25.1 Å². The van der Waals surface area contributed by atoms with E-state index in [-0.39, 0.29) is 5.82 Å². The second-order valence-corrected chi connectivity index (χ2v) is 3.74. The van der Waals surface area contributed by atoms with E-state index in [9.17, 15) is 4.39 Å². The van der Waals surface area contributed by atoms with Crippen molar-refractivity contribution in [1.82, 2.24) is 5.32 Å². The molecule has 1 rings (SSSR count). The predicted molar refractivity (Wildman–Crippen MR) is 57.8 cm³/mol. The molecular weight excluding hydrogens is 191 g/mol. The van der Waals surface area contributed by atoms with E-state index in [0.29, 0.717) is 18.5 Å². The molecular formula is C12H15FN2. The van der Waals surface area contributed by atoms with Crippen molar-refractivity contribution in [1.29, 1.82) is 5.26 Å². The fourth-order valence-corrected chi connectivity index (χ4v) is 1.55. The maximum absolute atomic E-state index is 13.4. The molecule has 0 aliphatic carbocycles. The highest BCUT2D eigenvalue weighted by Gasteiger charge is 2.23. The minimum atomic E-state index is -0.697. The van der Waals surface area contributed by atoms with E-state index in [4.69, 9.17) is 5.26 Å². The second kappa shape index (κ2) is 4.90. The highest BCUT2D eigenvalue weighted by atomic mass is 19.1. The van der Waals surface area contributed by atoms with E-state index in [1.807, 2.05) is 6.92 Å². The molecule has 0 saturated heterocycles. The lowest BCUT2D eigenvalue weighted by Gasteiger charge is -2.22. The SMILES string of the molecule is CCNC(C)(C#N)Cc1ccccc1F. The minimum absolute atomic E-state index is 0.253. The molecule has 0 aliphatic rings. The van der Waals surface area contributed by atoms with Crippen LogP contribution in [0.25, 0.3) is 0 Å². The Bertz CT molecular complexity index is 370. The Hall–Kier alpha value is -1.40. The van der Waals surface area contributed by atoms with Gasteiger partial charge in [-0.2, -0.15) is 5.26 Å². The van der Waals surface area contributed by atoms with Crippen LogP contribution in [-0.2, 0) is 6.42 Å². The minimum Gasteiger partial charge on any atom is -0.300 e. The molecule has 1 atom stereocenters. The molecule has 0 saturated carbocycles. The first-order valence-corrected chi connectivity index (χ1v) is 5.01. The molecule has 0 amide bonds. The highest BCUT2D eigenvalue weighted by molar-refractivity contribution is 5.23. The zero-order valence-electron chi connectivity index (χ0n) is 9.05. The Labute approximate surface area is 89.7 Å². The molecule has 0 heterocycles. The quantitative estimate of drug-likeness (QED) is 0.820. The Morgan fingerprint density at radius 3 is 2.67 bits per heavy atom. The first-order valence-electron chi connectivity index (χ1n) is 5.01. The van der Waals surface area contributed by atoms with Gasteiger partial charge < -0.3 is 0 Å². The normalized spacial score (nSPS) is 14.3. The number of hydrogen-bond donors (Lipinski definition) is 1. The third-order valence-corrected chi connectivity index (χ3v) is 2.32. The van der Waals surface area contributed by atoms with E-state index in [2.05, 4.69) is 11.4 Å². The van der Waals surface area contributed by atoms with Crippen LogP contribution in [0.3, 0.4) is 0 Å². The lowest BCUT2D eigenvalue weighted by molar-refractivity contribution is 0.448. The summed E-state index contributed by atoms with van der Waals surface area (Å²) in [5, 5.41) is 12.1. The summed E-state index contributed by atoms with van der Waals surface area (Å²) in [7, 11) is 0. The molecule has 1 unspecified atom stereocenters. The summed E-state index contributed by atoms with van der Waals surface area (Å²) in [6.07, 6.45) is 0.379. The molecule has 15 heavy (non-hydrogen) atoms. The third kappa shape index (κ3) is 3.03. The summed E-state index contributed by atoms with van der Waals surface area (Å²) in [5.74, 6) is -0.253. The maximum atomic E-state index is 13.4. The summed E-state index contributed by atoms with van der Waals surface area (Å²) < 4.78 is 13.4. The number of halogens is 1. The fourth-order valence-electron chi connectivity index (χ4n) is 1.55. The van der Waals surface area contributed by atoms with Gasteiger partial charge in [-0.3, -0.25) is 5.32 Å². The van der Waals surface area contributed by atoms with Crippen LogP contribution in [-0.4, -0.2) is 12.1 Å². The molecule has 0 fully saturated rings. The Kier molecular flexibility index (Phi) is 3.81. The van der Waals surface area contributed by atoms with Crippen molar-refractivity contribution in [3.05, 3.63) is 35.6 Å². The van der Waals surface area contributed by atoms with Gasteiger partial charge >= 0.3 is 0 Å². The largest absolute Gasteiger partial charge is 0.300 e. The van der Waals surface area contributed by atoms with Crippen molar-refractivity contribution in [2.75, 3.05) is 6.54 Å². The van der Waals surface area contributed by atoms with E-state index < -0.39 is 5.54 Å². The molecule has 1 N–H and O–H groups in total. The van der Waals surface area contributed by atoms with E-state index in [1.165, 1.54) is 6.07 Å². The first-order chi connectivity index (χ1) is 7.11. The first kappa shape index (κ1) is 11.7. The second-order valence-electron chi connectivity index (χ2n) is 3.74. The van der Waals surface area contributed by atoms with Crippen LogP contribution < -0.4 is 5.32 Å². The lowest BCUT2D eigenvalue weighted by atomic mass is 9.94. The smallest absolute Gasteiger partial charge is 0.126 e. The van der Waals surface area contributed by atoms with Crippen LogP contribution in [0.5, 0.6) is 0 Å². The van der Waals surface area contributed by atoms with Crippen LogP contribution in [0.1, 0.15) is 19.4 Å². The number of rotatable bonds is 4. The van der Waals surface area contributed by atoms with Gasteiger partial charge in [0.1, 0.15) is 11.4 Å². The molecule has 0 aromatic heterocycles.